The van der Waals surface area contributed by atoms with Crippen molar-refractivity contribution in [2.45, 2.75) is 48.0 Å². The molecule has 0 saturated heterocycles. The number of nitrogens with one attached hydrogen (secondary N) is 1. The van der Waals surface area contributed by atoms with Gasteiger partial charge >= 0.3 is 0 Å². The molecule has 0 heterocycles. The van der Waals surface area contributed by atoms with Crippen LogP contribution in [0.5, 0.6) is 0 Å². The Morgan fingerprint density at radius 1 is 1.08 bits per heavy atom. The Hall–Kier alpha value is -0.0400. The van der Waals surface area contributed by atoms with Gasteiger partial charge in [-0.2, -0.15) is 0 Å². The fourth-order valence-electron chi connectivity index (χ4n) is 1.13. The second-order valence-electron chi connectivity index (χ2n) is 5.75. The standard InChI is InChI=1S/C12H27N/c1-10(2)11(3)7-8-13-9-12(4,5)6/h10-11,13H,7-9H2,1-6H3. The van der Waals surface area contributed by atoms with Crippen LogP contribution in [0.15, 0.2) is 0 Å². The summed E-state index contributed by atoms with van der Waals surface area (Å²) in [5, 5.41) is 3.51. The van der Waals surface area contributed by atoms with Crippen molar-refractivity contribution in [3.05, 3.63) is 0 Å². The molecule has 1 heteroatoms. The predicted molar refractivity (Wildman–Crippen MR) is 60.9 cm³/mol. The number of rotatable bonds is 5. The van der Waals surface area contributed by atoms with Crippen LogP contribution in [0.1, 0.15) is 48.0 Å². The molecule has 0 rings (SSSR count). The van der Waals surface area contributed by atoms with Crippen molar-refractivity contribution < 1.29 is 0 Å². The van der Waals surface area contributed by atoms with Crippen LogP contribution in [0.2, 0.25) is 0 Å². The largest absolute Gasteiger partial charge is 0.316 e. The van der Waals surface area contributed by atoms with E-state index >= 15 is 0 Å². The smallest absolute Gasteiger partial charge is 0.0000124 e. The topological polar surface area (TPSA) is 12.0 Å². The molecule has 80 valence electrons. The van der Waals surface area contributed by atoms with Gasteiger partial charge < -0.3 is 5.32 Å². The minimum atomic E-state index is 0.418. The molecular formula is C12H27N. The van der Waals surface area contributed by atoms with Crippen LogP contribution in [-0.4, -0.2) is 13.1 Å². The highest BCUT2D eigenvalue weighted by Crippen LogP contribution is 2.14. The van der Waals surface area contributed by atoms with Crippen LogP contribution in [0.25, 0.3) is 0 Å². The van der Waals surface area contributed by atoms with Gasteiger partial charge in [0.05, 0.1) is 0 Å². The van der Waals surface area contributed by atoms with E-state index in [0.717, 1.165) is 24.9 Å². The maximum Gasteiger partial charge on any atom is -0.0000124 e. The van der Waals surface area contributed by atoms with Crippen molar-refractivity contribution in [1.82, 2.24) is 5.32 Å². The monoisotopic (exact) mass is 185 g/mol. The van der Waals surface area contributed by atoms with E-state index in [-0.39, 0.29) is 0 Å². The van der Waals surface area contributed by atoms with Crippen molar-refractivity contribution >= 4 is 0 Å². The molecule has 0 saturated carbocycles. The number of hydrogen-bond acceptors (Lipinski definition) is 1. The summed E-state index contributed by atoms with van der Waals surface area (Å²) in [5.74, 6) is 1.66. The third-order valence-corrected chi connectivity index (χ3v) is 2.57. The van der Waals surface area contributed by atoms with Crippen molar-refractivity contribution in [1.29, 1.82) is 0 Å². The molecule has 0 aromatic rings. The van der Waals surface area contributed by atoms with Gasteiger partial charge in [-0.1, -0.05) is 41.5 Å². The summed E-state index contributed by atoms with van der Waals surface area (Å²) in [7, 11) is 0. The van der Waals surface area contributed by atoms with Gasteiger partial charge in [0.2, 0.25) is 0 Å². The highest BCUT2D eigenvalue weighted by molar-refractivity contribution is 4.66. The first kappa shape index (κ1) is 13.0. The van der Waals surface area contributed by atoms with Crippen LogP contribution in [0.3, 0.4) is 0 Å². The predicted octanol–water partition coefficient (Wildman–Crippen LogP) is 3.30. The highest BCUT2D eigenvalue weighted by Gasteiger charge is 2.10. The highest BCUT2D eigenvalue weighted by atomic mass is 14.9. The van der Waals surface area contributed by atoms with Gasteiger partial charge in [0.1, 0.15) is 0 Å². The maximum absolute atomic E-state index is 3.51. The molecule has 1 atom stereocenters. The zero-order chi connectivity index (χ0) is 10.5. The van der Waals surface area contributed by atoms with Gasteiger partial charge in [0, 0.05) is 0 Å². The van der Waals surface area contributed by atoms with E-state index in [1.54, 1.807) is 0 Å². The molecule has 0 aliphatic heterocycles. The van der Waals surface area contributed by atoms with Gasteiger partial charge in [0.25, 0.3) is 0 Å². The van der Waals surface area contributed by atoms with Crippen LogP contribution in [0.4, 0.5) is 0 Å². The van der Waals surface area contributed by atoms with Crippen LogP contribution in [0, 0.1) is 17.3 Å². The van der Waals surface area contributed by atoms with Gasteiger partial charge in [-0.25, -0.2) is 0 Å². The van der Waals surface area contributed by atoms with Crippen LogP contribution >= 0.6 is 0 Å². The van der Waals surface area contributed by atoms with E-state index in [4.69, 9.17) is 0 Å². The van der Waals surface area contributed by atoms with Crippen molar-refractivity contribution in [3.8, 4) is 0 Å². The maximum atomic E-state index is 3.51. The summed E-state index contributed by atoms with van der Waals surface area (Å²) in [6.45, 7) is 16.0. The Morgan fingerprint density at radius 3 is 2.00 bits per heavy atom. The minimum Gasteiger partial charge on any atom is -0.316 e. The summed E-state index contributed by atoms with van der Waals surface area (Å²) in [6.07, 6.45) is 1.30. The molecule has 1 N–H and O–H groups in total. The Labute approximate surface area is 84.3 Å². The first-order chi connectivity index (χ1) is 5.83. The minimum absolute atomic E-state index is 0.418. The average molecular weight is 185 g/mol. The Bertz CT molecular complexity index is 122. The normalized spacial score (nSPS) is 15.0. The van der Waals surface area contributed by atoms with E-state index < -0.39 is 0 Å². The molecule has 0 aliphatic rings. The third kappa shape index (κ3) is 8.29. The molecule has 1 nitrogen and oxygen atoms in total. The van der Waals surface area contributed by atoms with E-state index in [0.29, 0.717) is 5.41 Å². The molecule has 0 radical (unpaired) electrons. The lowest BCUT2D eigenvalue weighted by Crippen LogP contribution is -2.28. The first-order valence-corrected chi connectivity index (χ1v) is 5.53. The summed E-state index contributed by atoms with van der Waals surface area (Å²) in [6, 6.07) is 0. The van der Waals surface area contributed by atoms with E-state index in [2.05, 4.69) is 46.9 Å². The Balaban J connectivity index is 3.36. The van der Waals surface area contributed by atoms with E-state index in [9.17, 15) is 0 Å². The summed E-state index contributed by atoms with van der Waals surface area (Å²) in [4.78, 5) is 0. The molecule has 0 fully saturated rings. The lowest BCUT2D eigenvalue weighted by molar-refractivity contribution is 0.345. The average Bonchev–Trinajstić information content (AvgIpc) is 1.95. The summed E-state index contributed by atoms with van der Waals surface area (Å²) in [5.41, 5.74) is 0.418. The zero-order valence-corrected chi connectivity index (χ0v) is 10.3. The number of hydrogen-bond donors (Lipinski definition) is 1. The molecular weight excluding hydrogens is 158 g/mol. The Kier molecular flexibility index (Phi) is 5.62. The SMILES string of the molecule is CC(C)C(C)CCNCC(C)(C)C. The van der Waals surface area contributed by atoms with E-state index in [1.165, 1.54) is 6.42 Å². The fourth-order valence-corrected chi connectivity index (χ4v) is 1.13. The van der Waals surface area contributed by atoms with E-state index in [1.807, 2.05) is 0 Å². The first-order valence-electron chi connectivity index (χ1n) is 5.53. The molecule has 0 bridgehead atoms. The lowest BCUT2D eigenvalue weighted by Gasteiger charge is -2.20. The quantitative estimate of drug-likeness (QED) is 0.648. The molecule has 1 unspecified atom stereocenters. The second kappa shape index (κ2) is 5.64. The molecule has 0 aromatic heterocycles. The van der Waals surface area contributed by atoms with Crippen molar-refractivity contribution in [2.75, 3.05) is 13.1 Å². The second-order valence-corrected chi connectivity index (χ2v) is 5.75. The molecule has 0 amide bonds. The summed E-state index contributed by atoms with van der Waals surface area (Å²) < 4.78 is 0. The van der Waals surface area contributed by atoms with Crippen molar-refractivity contribution in [2.24, 2.45) is 17.3 Å². The third-order valence-electron chi connectivity index (χ3n) is 2.57. The molecule has 13 heavy (non-hydrogen) atoms. The molecule has 0 aliphatic carbocycles. The lowest BCUT2D eigenvalue weighted by atomic mass is 9.94. The van der Waals surface area contributed by atoms with Gasteiger partial charge in [-0.05, 0) is 36.8 Å². The van der Waals surface area contributed by atoms with Crippen LogP contribution in [-0.2, 0) is 0 Å². The van der Waals surface area contributed by atoms with Gasteiger partial charge in [-0.3, -0.25) is 0 Å². The summed E-state index contributed by atoms with van der Waals surface area (Å²) >= 11 is 0. The molecule has 0 aromatic carbocycles. The van der Waals surface area contributed by atoms with Gasteiger partial charge in [-0.15, -0.1) is 0 Å². The Morgan fingerprint density at radius 2 is 1.62 bits per heavy atom. The van der Waals surface area contributed by atoms with Crippen molar-refractivity contribution in [3.63, 3.8) is 0 Å². The van der Waals surface area contributed by atoms with Crippen LogP contribution < -0.4 is 5.32 Å². The fraction of sp³-hybridized carbons (Fsp3) is 1.00. The zero-order valence-electron chi connectivity index (χ0n) is 10.3. The van der Waals surface area contributed by atoms with Gasteiger partial charge in [0.15, 0.2) is 0 Å². The molecule has 0 spiro atoms.